The van der Waals surface area contributed by atoms with Crippen LogP contribution in [-0.4, -0.2) is 31.6 Å². The number of methoxy groups -OCH3 is 1. The molecule has 0 heterocycles. The van der Waals surface area contributed by atoms with E-state index in [4.69, 9.17) is 14.2 Å². The molecule has 0 aliphatic rings. The summed E-state index contributed by atoms with van der Waals surface area (Å²) in [4.78, 5) is 24.3. The van der Waals surface area contributed by atoms with Crippen LogP contribution in [-0.2, 0) is 9.59 Å². The third kappa shape index (κ3) is 7.52. The van der Waals surface area contributed by atoms with Crippen LogP contribution < -0.4 is 19.5 Å². The lowest BCUT2D eigenvalue weighted by molar-refractivity contribution is -0.141. The Kier molecular flexibility index (Phi) is 9.12. The Morgan fingerprint density at radius 3 is 2.48 bits per heavy atom. The zero-order valence-electron chi connectivity index (χ0n) is 17.9. The summed E-state index contributed by atoms with van der Waals surface area (Å²) in [6.07, 6.45) is 2.46. The molecule has 2 rings (SSSR count). The molecule has 162 valence electrons. The average molecular weight is 422 g/mol. The molecule has 0 bridgehead atoms. The van der Waals surface area contributed by atoms with E-state index in [2.05, 4.69) is 5.32 Å². The van der Waals surface area contributed by atoms with E-state index < -0.39 is 18.0 Å². The van der Waals surface area contributed by atoms with Crippen molar-refractivity contribution in [2.75, 3.05) is 13.7 Å². The Labute approximate surface area is 182 Å². The van der Waals surface area contributed by atoms with Crippen molar-refractivity contribution in [1.82, 2.24) is 5.32 Å². The first-order valence-electron chi connectivity index (χ1n) is 9.99. The minimum Gasteiger partial charge on any atom is -0.497 e. The quantitative estimate of drug-likeness (QED) is 0.205. The highest BCUT2D eigenvalue weighted by Crippen LogP contribution is 2.21. The molecule has 1 unspecified atom stereocenters. The molecule has 1 N–H and O–H groups in total. The SMILES string of the molecule is CCCCNC(=O)/C(C#N)=C/c1ccc(OC(=O)C(C)Oc2cccc(OC)c2)cc1. The van der Waals surface area contributed by atoms with Gasteiger partial charge in [-0.15, -0.1) is 0 Å². The van der Waals surface area contributed by atoms with Crippen LogP contribution in [0.2, 0.25) is 0 Å². The van der Waals surface area contributed by atoms with Gasteiger partial charge < -0.3 is 19.5 Å². The number of esters is 1. The molecule has 2 aromatic rings. The van der Waals surface area contributed by atoms with Crippen LogP contribution in [0.4, 0.5) is 0 Å². The number of rotatable bonds is 10. The number of carbonyl (C=O) groups excluding carboxylic acids is 2. The van der Waals surface area contributed by atoms with Crippen molar-refractivity contribution in [2.45, 2.75) is 32.8 Å². The molecular formula is C24H26N2O5. The Bertz CT molecular complexity index is 961. The Morgan fingerprint density at radius 2 is 1.84 bits per heavy atom. The molecule has 0 aliphatic carbocycles. The predicted octanol–water partition coefficient (Wildman–Crippen LogP) is 3.89. The third-order valence-electron chi connectivity index (χ3n) is 4.28. The van der Waals surface area contributed by atoms with Crippen molar-refractivity contribution in [3.8, 4) is 23.3 Å². The van der Waals surface area contributed by atoms with E-state index >= 15 is 0 Å². The summed E-state index contributed by atoms with van der Waals surface area (Å²) in [5.74, 6) is 0.478. The van der Waals surface area contributed by atoms with Gasteiger partial charge in [0.15, 0.2) is 6.10 Å². The maximum absolute atomic E-state index is 12.3. The van der Waals surface area contributed by atoms with Gasteiger partial charge in [-0.3, -0.25) is 4.79 Å². The van der Waals surface area contributed by atoms with Crippen molar-refractivity contribution < 1.29 is 23.8 Å². The number of nitrogens with one attached hydrogen (secondary N) is 1. The summed E-state index contributed by atoms with van der Waals surface area (Å²) in [5, 5.41) is 11.9. The minimum absolute atomic E-state index is 0.0150. The standard InChI is InChI=1S/C24H26N2O5/c1-4-5-13-26-23(27)19(16-25)14-18-9-11-20(12-10-18)31-24(28)17(2)30-22-8-6-7-21(15-22)29-3/h6-12,14-15,17H,4-5,13H2,1-3H3,(H,26,27)/b19-14+. The Morgan fingerprint density at radius 1 is 1.13 bits per heavy atom. The topological polar surface area (TPSA) is 97.7 Å². The first-order chi connectivity index (χ1) is 15.0. The lowest BCUT2D eigenvalue weighted by atomic mass is 10.1. The van der Waals surface area contributed by atoms with E-state index in [0.717, 1.165) is 12.8 Å². The summed E-state index contributed by atoms with van der Waals surface area (Å²) in [6, 6.07) is 15.3. The highest BCUT2D eigenvalue weighted by molar-refractivity contribution is 6.01. The number of nitrogens with zero attached hydrogens (tertiary/aromatic N) is 1. The van der Waals surface area contributed by atoms with Gasteiger partial charge in [0.25, 0.3) is 5.91 Å². The van der Waals surface area contributed by atoms with Crippen molar-refractivity contribution >= 4 is 18.0 Å². The van der Waals surface area contributed by atoms with E-state index in [0.29, 0.717) is 29.4 Å². The second-order valence-electron chi connectivity index (χ2n) is 6.71. The van der Waals surface area contributed by atoms with Gasteiger partial charge in [-0.25, -0.2) is 4.79 Å². The number of ether oxygens (including phenoxy) is 3. The molecule has 0 aromatic heterocycles. The highest BCUT2D eigenvalue weighted by Gasteiger charge is 2.17. The summed E-state index contributed by atoms with van der Waals surface area (Å²) >= 11 is 0. The first-order valence-corrected chi connectivity index (χ1v) is 9.99. The molecule has 1 amide bonds. The molecule has 0 radical (unpaired) electrons. The summed E-state index contributed by atoms with van der Waals surface area (Å²) in [5.41, 5.74) is 0.656. The van der Waals surface area contributed by atoms with Crippen LogP contribution in [0.5, 0.6) is 17.2 Å². The number of hydrogen-bond donors (Lipinski definition) is 1. The molecular weight excluding hydrogens is 396 g/mol. The zero-order valence-corrected chi connectivity index (χ0v) is 17.9. The van der Waals surface area contributed by atoms with Crippen molar-refractivity contribution in [2.24, 2.45) is 0 Å². The monoisotopic (exact) mass is 422 g/mol. The molecule has 2 aromatic carbocycles. The maximum atomic E-state index is 12.3. The smallest absolute Gasteiger partial charge is 0.352 e. The van der Waals surface area contributed by atoms with Gasteiger partial charge in [0, 0.05) is 12.6 Å². The lowest BCUT2D eigenvalue weighted by Crippen LogP contribution is -2.28. The number of carbonyl (C=O) groups is 2. The molecule has 31 heavy (non-hydrogen) atoms. The van der Waals surface area contributed by atoms with Crippen LogP contribution in [0.15, 0.2) is 54.1 Å². The van der Waals surface area contributed by atoms with Crippen molar-refractivity contribution in [3.05, 3.63) is 59.7 Å². The highest BCUT2D eigenvalue weighted by atomic mass is 16.6. The van der Waals surface area contributed by atoms with Crippen molar-refractivity contribution in [1.29, 1.82) is 5.26 Å². The summed E-state index contributed by atoms with van der Waals surface area (Å²) < 4.78 is 16.1. The van der Waals surface area contributed by atoms with Crippen LogP contribution in [0.25, 0.3) is 6.08 Å². The van der Waals surface area contributed by atoms with E-state index in [9.17, 15) is 14.9 Å². The Hall–Kier alpha value is -3.79. The van der Waals surface area contributed by atoms with Gasteiger partial charge in [0.2, 0.25) is 0 Å². The molecule has 0 saturated carbocycles. The van der Waals surface area contributed by atoms with E-state index in [1.165, 1.54) is 6.08 Å². The molecule has 0 fully saturated rings. The number of hydrogen-bond acceptors (Lipinski definition) is 6. The summed E-state index contributed by atoms with van der Waals surface area (Å²) in [6.45, 7) is 4.14. The fourth-order valence-electron chi connectivity index (χ4n) is 2.55. The number of benzene rings is 2. The van der Waals surface area contributed by atoms with E-state index in [1.807, 2.05) is 13.0 Å². The molecule has 0 aliphatic heterocycles. The number of nitriles is 1. The van der Waals surface area contributed by atoms with Gasteiger partial charge in [-0.2, -0.15) is 5.26 Å². The molecule has 1 atom stereocenters. The normalized spacial score (nSPS) is 11.7. The number of unbranched alkanes of at least 4 members (excludes halogenated alkanes) is 1. The van der Waals surface area contributed by atoms with Crippen LogP contribution in [0, 0.1) is 11.3 Å². The molecule has 0 spiro atoms. The molecule has 0 saturated heterocycles. The minimum atomic E-state index is -0.830. The van der Waals surface area contributed by atoms with Crippen LogP contribution in [0.3, 0.4) is 0 Å². The van der Waals surface area contributed by atoms with Crippen molar-refractivity contribution in [3.63, 3.8) is 0 Å². The van der Waals surface area contributed by atoms with Crippen LogP contribution in [0.1, 0.15) is 32.3 Å². The van der Waals surface area contributed by atoms with E-state index in [-0.39, 0.29) is 5.57 Å². The van der Waals surface area contributed by atoms with E-state index in [1.54, 1.807) is 62.6 Å². The molecule has 7 heteroatoms. The second-order valence-corrected chi connectivity index (χ2v) is 6.71. The fourth-order valence-corrected chi connectivity index (χ4v) is 2.55. The molecule has 7 nitrogen and oxygen atoms in total. The maximum Gasteiger partial charge on any atom is 0.352 e. The first kappa shape index (κ1) is 23.5. The zero-order chi connectivity index (χ0) is 22.6. The largest absolute Gasteiger partial charge is 0.497 e. The Balaban J connectivity index is 1.96. The van der Waals surface area contributed by atoms with Gasteiger partial charge >= 0.3 is 5.97 Å². The predicted molar refractivity (Wildman–Crippen MR) is 117 cm³/mol. The average Bonchev–Trinajstić information content (AvgIpc) is 2.78. The van der Waals surface area contributed by atoms with Gasteiger partial charge in [-0.05, 0) is 49.2 Å². The van der Waals surface area contributed by atoms with Gasteiger partial charge in [0.05, 0.1) is 7.11 Å². The number of amides is 1. The lowest BCUT2D eigenvalue weighted by Gasteiger charge is -2.14. The fraction of sp³-hybridized carbons (Fsp3) is 0.292. The van der Waals surface area contributed by atoms with Gasteiger partial charge in [0.1, 0.15) is 28.9 Å². The van der Waals surface area contributed by atoms with Gasteiger partial charge in [-0.1, -0.05) is 31.5 Å². The summed E-state index contributed by atoms with van der Waals surface area (Å²) in [7, 11) is 1.55. The van der Waals surface area contributed by atoms with Crippen LogP contribution >= 0.6 is 0 Å². The third-order valence-corrected chi connectivity index (χ3v) is 4.28. The second kappa shape index (κ2) is 12.0.